The van der Waals surface area contributed by atoms with Gasteiger partial charge in [0.1, 0.15) is 13.2 Å². The number of esters is 3. The van der Waals surface area contributed by atoms with Crippen LogP contribution in [0, 0.1) is 0 Å². The van der Waals surface area contributed by atoms with E-state index in [0.29, 0.717) is 19.3 Å². The van der Waals surface area contributed by atoms with Crippen LogP contribution in [0.3, 0.4) is 0 Å². The van der Waals surface area contributed by atoms with E-state index in [2.05, 4.69) is 45.1 Å². The Morgan fingerprint density at radius 3 is 0.730 bits per heavy atom. The molecule has 1 unspecified atom stereocenters. The van der Waals surface area contributed by atoms with E-state index in [1.54, 1.807) is 0 Å². The number of unbranched alkanes of at least 4 members (excludes halogenated alkanes) is 47. The van der Waals surface area contributed by atoms with E-state index < -0.39 is 6.10 Å². The summed E-state index contributed by atoms with van der Waals surface area (Å²) in [5, 5.41) is 0. The molecule has 0 rings (SSSR count). The molecular weight excluding hydrogens is 913 g/mol. The molecule has 0 radical (unpaired) electrons. The molecule has 0 saturated heterocycles. The number of rotatable bonds is 62. The first-order valence-corrected chi connectivity index (χ1v) is 33.3. The third-order valence-electron chi connectivity index (χ3n) is 15.2. The quantitative estimate of drug-likeness (QED) is 0.0261. The first-order chi connectivity index (χ1) is 36.5. The molecule has 74 heavy (non-hydrogen) atoms. The van der Waals surface area contributed by atoms with Crippen LogP contribution in [-0.2, 0) is 28.6 Å². The Kier molecular flexibility index (Phi) is 61.6. The summed E-state index contributed by atoms with van der Waals surface area (Å²) in [5.74, 6) is -0.858. The highest BCUT2D eigenvalue weighted by molar-refractivity contribution is 5.71. The third-order valence-corrected chi connectivity index (χ3v) is 15.2. The monoisotopic (exact) mass is 1040 g/mol. The van der Waals surface area contributed by atoms with Crippen LogP contribution in [0.25, 0.3) is 0 Å². The average molecular weight is 1040 g/mol. The van der Waals surface area contributed by atoms with Crippen molar-refractivity contribution < 1.29 is 28.6 Å². The van der Waals surface area contributed by atoms with Crippen molar-refractivity contribution in [3.8, 4) is 0 Å². The summed E-state index contributed by atoms with van der Waals surface area (Å²) in [7, 11) is 0. The van der Waals surface area contributed by atoms with Crippen molar-refractivity contribution in [2.45, 2.75) is 380 Å². The number of ether oxygens (including phenoxy) is 3. The summed E-state index contributed by atoms with van der Waals surface area (Å²) in [5.41, 5.74) is 0. The largest absolute Gasteiger partial charge is 0.462 e. The summed E-state index contributed by atoms with van der Waals surface area (Å²) in [6, 6.07) is 0. The van der Waals surface area contributed by atoms with Gasteiger partial charge >= 0.3 is 17.9 Å². The van der Waals surface area contributed by atoms with Crippen molar-refractivity contribution in [3.63, 3.8) is 0 Å². The maximum Gasteiger partial charge on any atom is 0.306 e. The van der Waals surface area contributed by atoms with Gasteiger partial charge in [0.15, 0.2) is 6.10 Å². The fraction of sp³-hybridized carbons (Fsp3) is 0.897. The van der Waals surface area contributed by atoms with Gasteiger partial charge in [-0.25, -0.2) is 0 Å². The highest BCUT2D eigenvalue weighted by Gasteiger charge is 2.19. The summed E-state index contributed by atoms with van der Waals surface area (Å²) in [6.07, 6.45) is 76.4. The van der Waals surface area contributed by atoms with E-state index in [1.165, 1.54) is 263 Å². The van der Waals surface area contributed by atoms with Gasteiger partial charge in [-0.15, -0.1) is 0 Å². The average Bonchev–Trinajstić information content (AvgIpc) is 3.40. The van der Waals surface area contributed by atoms with E-state index in [9.17, 15) is 14.4 Å². The van der Waals surface area contributed by atoms with Crippen LogP contribution >= 0.6 is 0 Å². The molecule has 0 aromatic rings. The molecule has 436 valence electrons. The number of hydrogen-bond donors (Lipinski definition) is 0. The van der Waals surface area contributed by atoms with Crippen LogP contribution in [0.4, 0.5) is 0 Å². The Morgan fingerprint density at radius 2 is 0.473 bits per heavy atom. The van der Waals surface area contributed by atoms with Crippen molar-refractivity contribution in [1.82, 2.24) is 0 Å². The van der Waals surface area contributed by atoms with Crippen LogP contribution in [0.2, 0.25) is 0 Å². The Morgan fingerprint density at radius 1 is 0.257 bits per heavy atom. The maximum absolute atomic E-state index is 12.9. The lowest BCUT2D eigenvalue weighted by atomic mass is 10.0. The summed E-state index contributed by atoms with van der Waals surface area (Å²) in [4.78, 5) is 38.2. The van der Waals surface area contributed by atoms with Crippen molar-refractivity contribution in [1.29, 1.82) is 0 Å². The highest BCUT2D eigenvalue weighted by atomic mass is 16.6. The molecule has 0 aromatic heterocycles. The maximum atomic E-state index is 12.9. The molecule has 0 aromatic carbocycles. The summed E-state index contributed by atoms with van der Waals surface area (Å²) in [6.45, 7) is 6.63. The molecule has 0 heterocycles. The zero-order valence-electron chi connectivity index (χ0n) is 50.1. The second-order valence-electron chi connectivity index (χ2n) is 22.7. The van der Waals surface area contributed by atoms with E-state index in [0.717, 1.165) is 70.6 Å². The number of hydrogen-bond acceptors (Lipinski definition) is 6. The Bertz CT molecular complexity index is 1190. The van der Waals surface area contributed by atoms with Crippen LogP contribution in [-0.4, -0.2) is 37.2 Å². The van der Waals surface area contributed by atoms with E-state index in [4.69, 9.17) is 14.2 Å². The Balaban J connectivity index is 4.13. The standard InChI is InChI=1S/C68H128O6/c1-4-7-10-13-16-19-22-24-26-28-30-31-32-33-34-35-36-37-39-40-42-44-46-49-52-55-58-61-67(70)73-64-65(63-72-66(69)60-57-54-51-48-21-18-15-12-9-6-3)74-68(71)62-59-56-53-50-47-45-43-41-38-29-27-25-23-20-17-14-11-8-5-2/h12,15,25,27,65H,4-11,13-14,16-24,26,28-64H2,1-3H3/b15-12-,27-25-. The van der Waals surface area contributed by atoms with Gasteiger partial charge in [0.05, 0.1) is 0 Å². The van der Waals surface area contributed by atoms with Crippen molar-refractivity contribution in [3.05, 3.63) is 24.3 Å². The summed E-state index contributed by atoms with van der Waals surface area (Å²) < 4.78 is 16.9. The van der Waals surface area contributed by atoms with E-state index in [-0.39, 0.29) is 31.1 Å². The summed E-state index contributed by atoms with van der Waals surface area (Å²) >= 11 is 0. The Labute approximate surface area is 462 Å². The minimum absolute atomic E-state index is 0.0699. The molecule has 0 aliphatic rings. The van der Waals surface area contributed by atoms with E-state index >= 15 is 0 Å². The molecular formula is C68H128O6. The lowest BCUT2D eigenvalue weighted by Crippen LogP contribution is -2.30. The minimum Gasteiger partial charge on any atom is -0.462 e. The molecule has 0 fully saturated rings. The van der Waals surface area contributed by atoms with Crippen LogP contribution in [0.15, 0.2) is 24.3 Å². The second kappa shape index (κ2) is 63.4. The molecule has 0 bridgehead atoms. The topological polar surface area (TPSA) is 78.9 Å². The van der Waals surface area contributed by atoms with Crippen molar-refractivity contribution >= 4 is 17.9 Å². The molecule has 0 aliphatic heterocycles. The van der Waals surface area contributed by atoms with Gasteiger partial charge < -0.3 is 14.2 Å². The van der Waals surface area contributed by atoms with Crippen LogP contribution < -0.4 is 0 Å². The van der Waals surface area contributed by atoms with Gasteiger partial charge in [0, 0.05) is 19.3 Å². The van der Waals surface area contributed by atoms with Crippen molar-refractivity contribution in [2.75, 3.05) is 13.2 Å². The molecule has 6 nitrogen and oxygen atoms in total. The second-order valence-corrected chi connectivity index (χ2v) is 22.7. The number of carbonyl (C=O) groups is 3. The van der Waals surface area contributed by atoms with Gasteiger partial charge in [0.2, 0.25) is 0 Å². The highest BCUT2D eigenvalue weighted by Crippen LogP contribution is 2.18. The lowest BCUT2D eigenvalue weighted by molar-refractivity contribution is -0.167. The lowest BCUT2D eigenvalue weighted by Gasteiger charge is -2.18. The first-order valence-electron chi connectivity index (χ1n) is 33.3. The smallest absolute Gasteiger partial charge is 0.306 e. The van der Waals surface area contributed by atoms with Crippen molar-refractivity contribution in [2.24, 2.45) is 0 Å². The molecule has 0 spiro atoms. The predicted molar refractivity (Wildman–Crippen MR) is 321 cm³/mol. The van der Waals surface area contributed by atoms with Crippen LogP contribution in [0.1, 0.15) is 374 Å². The van der Waals surface area contributed by atoms with Gasteiger partial charge in [-0.2, -0.15) is 0 Å². The van der Waals surface area contributed by atoms with Crippen LogP contribution in [0.5, 0.6) is 0 Å². The van der Waals surface area contributed by atoms with Gasteiger partial charge in [-0.3, -0.25) is 14.4 Å². The fourth-order valence-corrected chi connectivity index (χ4v) is 10.2. The molecule has 0 amide bonds. The SMILES string of the molecule is CCC/C=C\CCCCCCCC(=O)OCC(COC(=O)CCCCCCCCCCCCCCCCCCCCCCCCCCCCC)OC(=O)CCCCCCCCCCC/C=C\CCCCCCCC. The van der Waals surface area contributed by atoms with Gasteiger partial charge in [0.25, 0.3) is 0 Å². The number of allylic oxidation sites excluding steroid dienone is 4. The van der Waals surface area contributed by atoms with Gasteiger partial charge in [-0.1, -0.05) is 315 Å². The first kappa shape index (κ1) is 71.9. The number of carbonyl (C=O) groups excluding carboxylic acids is 3. The van der Waals surface area contributed by atoms with E-state index in [1.807, 2.05) is 0 Å². The Hall–Kier alpha value is -2.11. The zero-order chi connectivity index (χ0) is 53.6. The molecule has 6 heteroatoms. The third kappa shape index (κ3) is 60.8. The minimum atomic E-state index is -0.772. The zero-order valence-corrected chi connectivity index (χ0v) is 50.1. The molecule has 0 saturated carbocycles. The van der Waals surface area contributed by atoms with Gasteiger partial charge in [-0.05, 0) is 64.2 Å². The molecule has 1 atom stereocenters. The predicted octanol–water partition coefficient (Wildman–Crippen LogP) is 22.6. The molecule has 0 N–H and O–H groups in total. The normalized spacial score (nSPS) is 12.1. The molecule has 0 aliphatic carbocycles. The fourth-order valence-electron chi connectivity index (χ4n) is 10.2.